The van der Waals surface area contributed by atoms with Crippen molar-refractivity contribution in [2.75, 3.05) is 11.6 Å². The molecule has 0 fully saturated rings. The van der Waals surface area contributed by atoms with Gasteiger partial charge in [0.1, 0.15) is 0 Å². The molecule has 0 aliphatic rings. The van der Waals surface area contributed by atoms with E-state index in [1.54, 1.807) is 35.2 Å². The molecule has 21 heavy (non-hydrogen) atoms. The van der Waals surface area contributed by atoms with E-state index in [0.717, 1.165) is 20.2 Å². The smallest absolute Gasteiger partial charge is 0.165 e. The Morgan fingerprint density at radius 3 is 3.00 bits per heavy atom. The summed E-state index contributed by atoms with van der Waals surface area (Å²) in [7, 11) is 0. The van der Waals surface area contributed by atoms with Crippen LogP contribution in [0.5, 0.6) is 5.75 Å². The second-order valence-electron chi connectivity index (χ2n) is 4.47. The first kappa shape index (κ1) is 14.2. The van der Waals surface area contributed by atoms with Crippen molar-refractivity contribution in [1.29, 1.82) is 0 Å². The highest BCUT2D eigenvalue weighted by atomic mass is 32.2. The summed E-state index contributed by atoms with van der Waals surface area (Å²) in [6, 6.07) is 10.4. The molecule has 108 valence electrons. The molecule has 0 aliphatic heterocycles. The van der Waals surface area contributed by atoms with Crippen LogP contribution >= 0.6 is 23.1 Å². The topological polar surface area (TPSA) is 45.2 Å². The van der Waals surface area contributed by atoms with Gasteiger partial charge in [0.25, 0.3) is 0 Å². The highest BCUT2D eigenvalue weighted by Gasteiger charge is 2.07. The quantitative estimate of drug-likeness (QED) is 0.696. The van der Waals surface area contributed by atoms with E-state index in [1.807, 2.05) is 24.5 Å². The predicted molar refractivity (Wildman–Crippen MR) is 86.8 cm³/mol. The van der Waals surface area contributed by atoms with E-state index in [-0.39, 0.29) is 5.75 Å². The Labute approximate surface area is 129 Å². The number of thioether (sulfide) groups is 1. The molecule has 0 unspecified atom stereocenters. The van der Waals surface area contributed by atoms with E-state index >= 15 is 0 Å². The minimum Gasteiger partial charge on any atom is -0.505 e. The summed E-state index contributed by atoms with van der Waals surface area (Å²) in [4.78, 5) is 4.48. The maximum Gasteiger partial charge on any atom is 0.165 e. The molecule has 1 aromatic heterocycles. The Hall–Kier alpha value is -1.79. The lowest BCUT2D eigenvalue weighted by Crippen LogP contribution is -2.00. The van der Waals surface area contributed by atoms with E-state index in [4.69, 9.17) is 0 Å². The van der Waals surface area contributed by atoms with Crippen LogP contribution in [-0.4, -0.2) is 16.3 Å². The first-order valence-electron chi connectivity index (χ1n) is 6.32. The molecule has 6 heteroatoms. The fraction of sp³-hybridized carbons (Fsp3) is 0.133. The molecule has 0 saturated carbocycles. The van der Waals surface area contributed by atoms with Gasteiger partial charge in [0, 0.05) is 17.8 Å². The number of rotatable bonds is 4. The van der Waals surface area contributed by atoms with Crippen molar-refractivity contribution in [3.05, 3.63) is 47.8 Å². The van der Waals surface area contributed by atoms with Crippen LogP contribution < -0.4 is 5.32 Å². The summed E-state index contributed by atoms with van der Waals surface area (Å²) < 4.78 is 15.4. The fourth-order valence-corrected chi connectivity index (χ4v) is 3.53. The van der Waals surface area contributed by atoms with Gasteiger partial charge in [-0.05, 0) is 30.5 Å². The first-order chi connectivity index (χ1) is 10.2. The Bertz CT molecular complexity index is 788. The number of hydrogen-bond acceptors (Lipinski definition) is 5. The molecule has 0 saturated heterocycles. The average Bonchev–Trinajstić information content (AvgIpc) is 2.91. The minimum atomic E-state index is -0.600. The summed E-state index contributed by atoms with van der Waals surface area (Å²) in [5.74, 6) is -0.898. The maximum absolute atomic E-state index is 13.3. The lowest BCUT2D eigenvalue weighted by Gasteiger charge is -2.08. The van der Waals surface area contributed by atoms with E-state index < -0.39 is 5.82 Å². The van der Waals surface area contributed by atoms with Gasteiger partial charge in [0.05, 0.1) is 10.2 Å². The molecule has 0 aliphatic carbocycles. The highest BCUT2D eigenvalue weighted by Crippen LogP contribution is 2.30. The third-order valence-electron chi connectivity index (χ3n) is 3.10. The van der Waals surface area contributed by atoms with Gasteiger partial charge < -0.3 is 10.4 Å². The van der Waals surface area contributed by atoms with Gasteiger partial charge in [-0.15, -0.1) is 11.3 Å². The van der Waals surface area contributed by atoms with E-state index in [9.17, 15) is 9.50 Å². The monoisotopic (exact) mass is 320 g/mol. The number of anilines is 1. The number of phenolic OH excluding ortho intramolecular Hbond substituents is 1. The number of benzene rings is 2. The van der Waals surface area contributed by atoms with Gasteiger partial charge in [-0.3, -0.25) is 0 Å². The number of fused-ring (bicyclic) bond motifs is 1. The zero-order valence-corrected chi connectivity index (χ0v) is 12.9. The molecule has 0 spiro atoms. The Kier molecular flexibility index (Phi) is 3.98. The Balaban J connectivity index is 1.80. The number of phenols is 1. The van der Waals surface area contributed by atoms with Crippen molar-refractivity contribution in [3.8, 4) is 5.75 Å². The first-order valence-corrected chi connectivity index (χ1v) is 8.36. The van der Waals surface area contributed by atoms with Crippen LogP contribution in [0.1, 0.15) is 5.56 Å². The zero-order chi connectivity index (χ0) is 14.8. The van der Waals surface area contributed by atoms with Crippen molar-refractivity contribution in [3.63, 3.8) is 0 Å². The number of halogens is 1. The van der Waals surface area contributed by atoms with Crippen molar-refractivity contribution in [2.45, 2.75) is 10.9 Å². The minimum absolute atomic E-state index is 0.298. The summed E-state index contributed by atoms with van der Waals surface area (Å²) in [6.45, 7) is 0.364. The van der Waals surface area contributed by atoms with Crippen LogP contribution in [0.4, 0.5) is 10.1 Å². The number of hydrogen-bond donors (Lipinski definition) is 2. The Morgan fingerprint density at radius 1 is 1.33 bits per heavy atom. The molecular formula is C15H13FN2OS2. The summed E-state index contributed by atoms with van der Waals surface area (Å²) in [6.07, 6.45) is 2.00. The number of thiazole rings is 1. The summed E-state index contributed by atoms with van der Waals surface area (Å²) in [5, 5.41) is 12.9. The Morgan fingerprint density at radius 2 is 2.19 bits per heavy atom. The molecule has 0 amide bonds. The largest absolute Gasteiger partial charge is 0.505 e. The fourth-order valence-electron chi connectivity index (χ4n) is 2.00. The lowest BCUT2D eigenvalue weighted by atomic mass is 10.2. The third-order valence-corrected chi connectivity index (χ3v) is 5.10. The second kappa shape index (κ2) is 5.91. The van der Waals surface area contributed by atoms with E-state index in [1.165, 1.54) is 6.07 Å². The van der Waals surface area contributed by atoms with Crippen LogP contribution in [-0.2, 0) is 6.54 Å². The molecule has 0 atom stereocenters. The molecular weight excluding hydrogens is 307 g/mol. The van der Waals surface area contributed by atoms with Gasteiger partial charge in [-0.1, -0.05) is 23.9 Å². The maximum atomic E-state index is 13.3. The van der Waals surface area contributed by atoms with Crippen molar-refractivity contribution >= 4 is 39.0 Å². The van der Waals surface area contributed by atoms with Gasteiger partial charge in [0.15, 0.2) is 15.9 Å². The molecule has 3 rings (SSSR count). The van der Waals surface area contributed by atoms with Crippen LogP contribution in [0.2, 0.25) is 0 Å². The average molecular weight is 320 g/mol. The zero-order valence-electron chi connectivity index (χ0n) is 11.3. The molecule has 0 radical (unpaired) electrons. The molecule has 1 heterocycles. The van der Waals surface area contributed by atoms with Crippen LogP contribution in [0.15, 0.2) is 40.7 Å². The van der Waals surface area contributed by atoms with Crippen molar-refractivity contribution in [1.82, 2.24) is 4.98 Å². The van der Waals surface area contributed by atoms with E-state index in [2.05, 4.69) is 10.3 Å². The van der Waals surface area contributed by atoms with Crippen LogP contribution in [0.3, 0.4) is 0 Å². The lowest BCUT2D eigenvalue weighted by molar-refractivity contribution is 0.427. The third kappa shape index (κ3) is 2.96. The SMILES string of the molecule is CSc1nc2ccc(NCc3cccc(F)c3O)cc2s1. The molecule has 3 aromatic rings. The number of nitrogens with one attached hydrogen (secondary N) is 1. The van der Waals surface area contributed by atoms with Crippen molar-refractivity contribution < 1.29 is 9.50 Å². The predicted octanol–water partition coefficient (Wildman–Crippen LogP) is 4.48. The van der Waals surface area contributed by atoms with Gasteiger partial charge in [0.2, 0.25) is 0 Å². The van der Waals surface area contributed by atoms with Gasteiger partial charge in [-0.2, -0.15) is 0 Å². The molecule has 0 bridgehead atoms. The summed E-state index contributed by atoms with van der Waals surface area (Å²) >= 11 is 3.27. The van der Waals surface area contributed by atoms with Crippen molar-refractivity contribution in [2.24, 2.45) is 0 Å². The molecule has 2 aromatic carbocycles. The second-order valence-corrected chi connectivity index (χ2v) is 6.55. The number of aromatic hydroxyl groups is 1. The van der Waals surface area contributed by atoms with Gasteiger partial charge >= 0.3 is 0 Å². The normalized spacial score (nSPS) is 11.0. The van der Waals surface area contributed by atoms with Crippen LogP contribution in [0.25, 0.3) is 10.2 Å². The highest BCUT2D eigenvalue weighted by molar-refractivity contribution is 8.00. The van der Waals surface area contributed by atoms with E-state index in [0.29, 0.717) is 12.1 Å². The van der Waals surface area contributed by atoms with Crippen LogP contribution in [0, 0.1) is 5.82 Å². The number of para-hydroxylation sites is 1. The number of aromatic nitrogens is 1. The molecule has 3 nitrogen and oxygen atoms in total. The van der Waals surface area contributed by atoms with Gasteiger partial charge in [-0.25, -0.2) is 9.37 Å². The molecule has 2 N–H and O–H groups in total. The summed E-state index contributed by atoms with van der Waals surface area (Å²) in [5.41, 5.74) is 2.43. The number of nitrogens with zero attached hydrogens (tertiary/aromatic N) is 1. The standard InChI is InChI=1S/C15H13FN2OS2/c1-20-15-18-12-6-5-10(7-13(12)21-15)17-8-9-3-2-4-11(16)14(9)19/h2-7,17,19H,8H2,1H3.